The number of hydrogen-bond donors (Lipinski definition) is 0. The number of hydrogen-bond acceptors (Lipinski definition) is 1. The van der Waals surface area contributed by atoms with E-state index in [0.29, 0.717) is 10.6 Å². The molecule has 0 saturated heterocycles. The van der Waals surface area contributed by atoms with Gasteiger partial charge in [-0.05, 0) is 48.6 Å². The van der Waals surface area contributed by atoms with Crippen LogP contribution < -0.4 is 4.90 Å². The quantitative estimate of drug-likeness (QED) is 0.800. The number of amides is 1. The molecule has 21 heavy (non-hydrogen) atoms. The Morgan fingerprint density at radius 3 is 2.81 bits per heavy atom. The summed E-state index contributed by atoms with van der Waals surface area (Å²) in [5, 5.41) is 0.599. The normalized spacial score (nSPS) is 13.9. The molecular formula is C18H18ClNO. The van der Waals surface area contributed by atoms with E-state index in [-0.39, 0.29) is 5.91 Å². The average molecular weight is 300 g/mol. The van der Waals surface area contributed by atoms with Crippen LogP contribution in [0.1, 0.15) is 34.8 Å². The summed E-state index contributed by atoms with van der Waals surface area (Å²) in [5.74, 6) is 0.0411. The van der Waals surface area contributed by atoms with Crippen molar-refractivity contribution in [1.82, 2.24) is 0 Å². The second-order valence-electron chi connectivity index (χ2n) is 5.35. The lowest BCUT2D eigenvalue weighted by atomic mass is 9.96. The summed E-state index contributed by atoms with van der Waals surface area (Å²) in [6, 6.07) is 13.5. The van der Waals surface area contributed by atoms with Crippen molar-refractivity contribution in [3.05, 3.63) is 64.2 Å². The van der Waals surface area contributed by atoms with Crippen molar-refractivity contribution >= 4 is 23.2 Å². The first-order valence-electron chi connectivity index (χ1n) is 7.39. The van der Waals surface area contributed by atoms with Crippen LogP contribution in [0.5, 0.6) is 0 Å². The molecule has 0 unspecified atom stereocenters. The van der Waals surface area contributed by atoms with E-state index in [2.05, 4.69) is 25.1 Å². The Morgan fingerprint density at radius 2 is 2.05 bits per heavy atom. The lowest BCUT2D eigenvalue weighted by Crippen LogP contribution is -2.36. The number of rotatable bonds is 2. The van der Waals surface area contributed by atoms with Gasteiger partial charge in [0.15, 0.2) is 0 Å². The molecule has 0 saturated carbocycles. The zero-order valence-corrected chi connectivity index (χ0v) is 12.9. The molecule has 3 heteroatoms. The minimum absolute atomic E-state index is 0.0411. The Hall–Kier alpha value is -1.80. The number of para-hydroxylation sites is 1. The molecule has 1 heterocycles. The van der Waals surface area contributed by atoms with E-state index in [1.165, 1.54) is 11.1 Å². The van der Waals surface area contributed by atoms with Crippen LogP contribution in [0.25, 0.3) is 0 Å². The van der Waals surface area contributed by atoms with E-state index >= 15 is 0 Å². The van der Waals surface area contributed by atoms with Gasteiger partial charge in [0.2, 0.25) is 0 Å². The molecule has 0 radical (unpaired) electrons. The molecule has 0 aromatic heterocycles. The van der Waals surface area contributed by atoms with Crippen LogP contribution in [0, 0.1) is 0 Å². The Balaban J connectivity index is 2.04. The predicted octanol–water partition coefficient (Wildman–Crippen LogP) is 4.50. The number of fused-ring (bicyclic) bond motifs is 1. The zero-order chi connectivity index (χ0) is 14.8. The standard InChI is InChI=1S/C18H18ClNO/c1-2-13-6-3-7-14-9-5-11-20(17(13)14)18(21)15-8-4-10-16(19)12-15/h3-4,6-8,10,12H,2,5,9,11H2,1H3. The van der Waals surface area contributed by atoms with E-state index in [4.69, 9.17) is 11.6 Å². The predicted molar refractivity (Wildman–Crippen MR) is 87.3 cm³/mol. The first-order chi connectivity index (χ1) is 10.2. The highest BCUT2D eigenvalue weighted by molar-refractivity contribution is 6.31. The fraction of sp³-hybridized carbons (Fsp3) is 0.278. The third-order valence-electron chi connectivity index (χ3n) is 4.00. The highest BCUT2D eigenvalue weighted by atomic mass is 35.5. The molecule has 0 bridgehead atoms. The monoisotopic (exact) mass is 299 g/mol. The van der Waals surface area contributed by atoms with Gasteiger partial charge in [0, 0.05) is 17.1 Å². The van der Waals surface area contributed by atoms with Gasteiger partial charge >= 0.3 is 0 Å². The van der Waals surface area contributed by atoms with Gasteiger partial charge in [0.05, 0.1) is 5.69 Å². The number of benzene rings is 2. The first-order valence-corrected chi connectivity index (χ1v) is 7.76. The molecule has 0 aliphatic carbocycles. The van der Waals surface area contributed by atoms with Crippen molar-refractivity contribution < 1.29 is 4.79 Å². The number of aryl methyl sites for hydroxylation is 2. The SMILES string of the molecule is CCc1cccc2c1N(C(=O)c1cccc(Cl)c1)CCC2. The van der Waals surface area contributed by atoms with Crippen LogP contribution >= 0.6 is 11.6 Å². The highest BCUT2D eigenvalue weighted by Crippen LogP contribution is 2.32. The summed E-state index contributed by atoms with van der Waals surface area (Å²) in [7, 11) is 0. The molecule has 0 atom stereocenters. The number of nitrogens with zero attached hydrogens (tertiary/aromatic N) is 1. The topological polar surface area (TPSA) is 20.3 Å². The van der Waals surface area contributed by atoms with Gasteiger partial charge in [-0.2, -0.15) is 0 Å². The van der Waals surface area contributed by atoms with Crippen LogP contribution in [0.4, 0.5) is 5.69 Å². The van der Waals surface area contributed by atoms with E-state index in [9.17, 15) is 4.79 Å². The summed E-state index contributed by atoms with van der Waals surface area (Å²) < 4.78 is 0. The van der Waals surface area contributed by atoms with Crippen LogP contribution in [-0.2, 0) is 12.8 Å². The van der Waals surface area contributed by atoms with E-state index in [0.717, 1.165) is 31.5 Å². The minimum atomic E-state index is 0.0411. The summed E-state index contributed by atoms with van der Waals surface area (Å²) in [5.41, 5.74) is 4.27. The summed E-state index contributed by atoms with van der Waals surface area (Å²) in [6.07, 6.45) is 2.98. The van der Waals surface area contributed by atoms with E-state index < -0.39 is 0 Å². The maximum atomic E-state index is 12.9. The Kier molecular flexibility index (Phi) is 3.98. The highest BCUT2D eigenvalue weighted by Gasteiger charge is 2.25. The molecule has 1 amide bonds. The summed E-state index contributed by atoms with van der Waals surface area (Å²) in [6.45, 7) is 2.90. The average Bonchev–Trinajstić information content (AvgIpc) is 2.53. The van der Waals surface area contributed by atoms with Gasteiger partial charge in [0.25, 0.3) is 5.91 Å². The van der Waals surface area contributed by atoms with Crippen molar-refractivity contribution in [2.24, 2.45) is 0 Å². The van der Waals surface area contributed by atoms with Gasteiger partial charge in [-0.1, -0.05) is 42.8 Å². The number of anilines is 1. The molecule has 2 aromatic rings. The van der Waals surface area contributed by atoms with Gasteiger partial charge in [0.1, 0.15) is 0 Å². The third kappa shape index (κ3) is 2.68. The van der Waals surface area contributed by atoms with Gasteiger partial charge in [-0.3, -0.25) is 4.79 Å². The Morgan fingerprint density at radius 1 is 1.24 bits per heavy atom. The molecular weight excluding hydrogens is 282 g/mol. The fourth-order valence-corrected chi connectivity index (χ4v) is 3.19. The third-order valence-corrected chi connectivity index (χ3v) is 4.23. The summed E-state index contributed by atoms with van der Waals surface area (Å²) >= 11 is 6.02. The van der Waals surface area contributed by atoms with E-state index in [1.54, 1.807) is 12.1 Å². The number of carbonyl (C=O) groups is 1. The molecule has 0 N–H and O–H groups in total. The van der Waals surface area contributed by atoms with Gasteiger partial charge < -0.3 is 4.90 Å². The maximum absolute atomic E-state index is 12.9. The second kappa shape index (κ2) is 5.90. The van der Waals surface area contributed by atoms with Crippen LogP contribution in [0.15, 0.2) is 42.5 Å². The lowest BCUT2D eigenvalue weighted by Gasteiger charge is -2.31. The molecule has 3 rings (SSSR count). The van der Waals surface area contributed by atoms with Gasteiger partial charge in [-0.25, -0.2) is 0 Å². The van der Waals surface area contributed by atoms with Crippen molar-refractivity contribution in [3.63, 3.8) is 0 Å². The largest absolute Gasteiger partial charge is 0.308 e. The first kappa shape index (κ1) is 14.2. The van der Waals surface area contributed by atoms with Gasteiger partial charge in [-0.15, -0.1) is 0 Å². The molecule has 108 valence electrons. The lowest BCUT2D eigenvalue weighted by molar-refractivity contribution is 0.0985. The minimum Gasteiger partial charge on any atom is -0.308 e. The van der Waals surface area contributed by atoms with E-state index in [1.807, 2.05) is 17.0 Å². The van der Waals surface area contributed by atoms with Crippen LogP contribution in [-0.4, -0.2) is 12.5 Å². The Bertz CT molecular complexity index is 666. The molecule has 2 nitrogen and oxygen atoms in total. The number of carbonyl (C=O) groups excluding carboxylic acids is 1. The second-order valence-corrected chi connectivity index (χ2v) is 5.79. The Labute approximate surface area is 130 Å². The van der Waals surface area contributed by atoms with Crippen molar-refractivity contribution in [2.45, 2.75) is 26.2 Å². The number of halogens is 1. The van der Waals surface area contributed by atoms with Crippen LogP contribution in [0.3, 0.4) is 0 Å². The maximum Gasteiger partial charge on any atom is 0.258 e. The molecule has 2 aromatic carbocycles. The van der Waals surface area contributed by atoms with Crippen molar-refractivity contribution in [3.8, 4) is 0 Å². The zero-order valence-electron chi connectivity index (χ0n) is 12.1. The fourth-order valence-electron chi connectivity index (χ4n) is 3.00. The smallest absolute Gasteiger partial charge is 0.258 e. The summed E-state index contributed by atoms with van der Waals surface area (Å²) in [4.78, 5) is 14.8. The molecule has 0 spiro atoms. The van der Waals surface area contributed by atoms with Crippen molar-refractivity contribution in [1.29, 1.82) is 0 Å². The van der Waals surface area contributed by atoms with Crippen LogP contribution in [0.2, 0.25) is 5.02 Å². The molecule has 1 aliphatic rings. The molecule has 1 aliphatic heterocycles. The van der Waals surface area contributed by atoms with Crippen molar-refractivity contribution in [2.75, 3.05) is 11.4 Å². The molecule has 0 fully saturated rings.